The number of nitrogens with zero attached hydrogens (tertiary/aromatic N) is 1. The summed E-state index contributed by atoms with van der Waals surface area (Å²) in [7, 11) is 0. The molecular formula is C17H18N2S. The Morgan fingerprint density at radius 1 is 1.00 bits per heavy atom. The van der Waals surface area contributed by atoms with Crippen LogP contribution in [0.15, 0.2) is 65.7 Å². The molecule has 3 rings (SSSR count). The van der Waals surface area contributed by atoms with Crippen molar-refractivity contribution >= 4 is 22.5 Å². The first-order valence-corrected chi connectivity index (χ1v) is 7.91. The molecule has 0 aliphatic carbocycles. The van der Waals surface area contributed by atoms with E-state index in [-0.39, 0.29) is 0 Å². The van der Waals surface area contributed by atoms with Crippen molar-refractivity contribution in [3.8, 4) is 0 Å². The zero-order valence-electron chi connectivity index (χ0n) is 11.3. The third kappa shape index (κ3) is 3.71. The zero-order chi connectivity index (χ0) is 13.6. The van der Waals surface area contributed by atoms with Crippen LogP contribution >= 0.6 is 11.8 Å². The minimum Gasteiger partial charge on any atom is -0.307 e. The molecule has 2 aromatic rings. The largest absolute Gasteiger partial charge is 0.307 e. The predicted octanol–water partition coefficient (Wildman–Crippen LogP) is 3.66. The fraction of sp³-hybridized carbons (Fsp3) is 0.235. The van der Waals surface area contributed by atoms with Gasteiger partial charge >= 0.3 is 0 Å². The molecule has 0 radical (unpaired) electrons. The van der Waals surface area contributed by atoms with Gasteiger partial charge in [-0.2, -0.15) is 0 Å². The molecule has 1 aliphatic rings. The highest BCUT2D eigenvalue weighted by Gasteiger charge is 2.17. The molecular weight excluding hydrogens is 264 g/mol. The molecule has 0 saturated carbocycles. The van der Waals surface area contributed by atoms with Crippen LogP contribution < -0.4 is 5.32 Å². The summed E-state index contributed by atoms with van der Waals surface area (Å²) >= 11 is 1.87. The number of nitrogens with one attached hydrogen (secondary N) is 1. The van der Waals surface area contributed by atoms with Crippen LogP contribution in [0.4, 0.5) is 5.69 Å². The summed E-state index contributed by atoms with van der Waals surface area (Å²) in [6.07, 6.45) is 1.09. The molecule has 20 heavy (non-hydrogen) atoms. The lowest BCUT2D eigenvalue weighted by Crippen LogP contribution is -2.41. The highest BCUT2D eigenvalue weighted by atomic mass is 32.2. The van der Waals surface area contributed by atoms with Crippen molar-refractivity contribution in [3.63, 3.8) is 0 Å². The monoisotopic (exact) mass is 282 g/mol. The second-order valence-electron chi connectivity index (χ2n) is 4.92. The molecule has 1 N–H and O–H groups in total. The van der Waals surface area contributed by atoms with Crippen molar-refractivity contribution < 1.29 is 0 Å². The topological polar surface area (TPSA) is 24.4 Å². The number of para-hydroxylation sites is 1. The summed E-state index contributed by atoms with van der Waals surface area (Å²) < 4.78 is 0. The molecule has 0 bridgehead atoms. The summed E-state index contributed by atoms with van der Waals surface area (Å²) in [5.41, 5.74) is 2.44. The highest BCUT2D eigenvalue weighted by Crippen LogP contribution is 2.19. The Labute approximate surface area is 124 Å². The third-order valence-corrected chi connectivity index (χ3v) is 4.47. The molecule has 1 unspecified atom stereocenters. The maximum Gasteiger partial charge on any atom is 0.0877 e. The number of hydrogen-bond acceptors (Lipinski definition) is 3. The maximum absolute atomic E-state index is 4.68. The molecule has 0 amide bonds. The van der Waals surface area contributed by atoms with Crippen molar-refractivity contribution in [1.29, 1.82) is 0 Å². The molecule has 2 aromatic carbocycles. The molecule has 1 saturated heterocycles. The van der Waals surface area contributed by atoms with Crippen LogP contribution in [0.1, 0.15) is 5.56 Å². The lowest BCUT2D eigenvalue weighted by atomic mass is 10.1. The Bertz CT molecular complexity index is 556. The van der Waals surface area contributed by atoms with E-state index in [1.807, 2.05) is 42.1 Å². The summed E-state index contributed by atoms with van der Waals surface area (Å²) in [4.78, 5) is 4.68. The first kappa shape index (κ1) is 13.4. The van der Waals surface area contributed by atoms with E-state index >= 15 is 0 Å². The number of benzene rings is 2. The highest BCUT2D eigenvalue weighted by molar-refractivity contribution is 8.14. The van der Waals surface area contributed by atoms with Crippen LogP contribution in [0.2, 0.25) is 0 Å². The van der Waals surface area contributed by atoms with Gasteiger partial charge in [0.2, 0.25) is 0 Å². The van der Waals surface area contributed by atoms with Crippen LogP contribution in [-0.4, -0.2) is 23.4 Å². The fourth-order valence-corrected chi connectivity index (χ4v) is 3.27. The Kier molecular flexibility index (Phi) is 4.51. The van der Waals surface area contributed by atoms with Gasteiger partial charge in [-0.3, -0.25) is 0 Å². The molecule has 1 atom stereocenters. The Balaban J connectivity index is 1.56. The molecule has 3 heteroatoms. The minimum absolute atomic E-state index is 0.539. The number of rotatable bonds is 3. The Morgan fingerprint density at radius 2 is 1.70 bits per heavy atom. The lowest BCUT2D eigenvalue weighted by molar-refractivity contribution is 0.593. The number of aliphatic imine (C=N–C) groups is 1. The van der Waals surface area contributed by atoms with Crippen LogP contribution in [0, 0.1) is 0 Å². The lowest BCUT2D eigenvalue weighted by Gasteiger charge is -2.24. The van der Waals surface area contributed by atoms with Crippen molar-refractivity contribution in [3.05, 3.63) is 66.2 Å². The Morgan fingerprint density at radius 3 is 2.35 bits per heavy atom. The predicted molar refractivity (Wildman–Crippen MR) is 87.9 cm³/mol. The van der Waals surface area contributed by atoms with Crippen LogP contribution in [-0.2, 0) is 6.42 Å². The average Bonchev–Trinajstić information content (AvgIpc) is 2.51. The van der Waals surface area contributed by atoms with Crippen molar-refractivity contribution in [2.24, 2.45) is 4.99 Å². The fourth-order valence-electron chi connectivity index (χ4n) is 2.29. The van der Waals surface area contributed by atoms with Gasteiger partial charge in [0.25, 0.3) is 0 Å². The Hall–Kier alpha value is -1.58. The van der Waals surface area contributed by atoms with Gasteiger partial charge in [-0.25, -0.2) is 4.99 Å². The standard InChI is InChI=1S/C17H18N2S/c1-3-7-14(8-4-1)11-16-13-20-17(12-18-16)19-15-9-5-2-6-10-15/h1-10,16,18H,11-13H2. The summed E-state index contributed by atoms with van der Waals surface area (Å²) in [6, 6.07) is 21.4. The summed E-state index contributed by atoms with van der Waals surface area (Å²) in [5.74, 6) is 1.08. The molecule has 0 spiro atoms. The van der Waals surface area contributed by atoms with E-state index in [2.05, 4.69) is 40.6 Å². The normalized spacial score (nSPS) is 21.0. The van der Waals surface area contributed by atoms with Gasteiger partial charge in [0.05, 0.1) is 10.7 Å². The van der Waals surface area contributed by atoms with E-state index in [9.17, 15) is 0 Å². The van der Waals surface area contributed by atoms with E-state index in [1.54, 1.807) is 0 Å². The van der Waals surface area contributed by atoms with Gasteiger partial charge in [-0.15, -0.1) is 11.8 Å². The van der Waals surface area contributed by atoms with E-state index in [1.165, 1.54) is 10.6 Å². The van der Waals surface area contributed by atoms with E-state index in [0.717, 1.165) is 24.4 Å². The van der Waals surface area contributed by atoms with Crippen molar-refractivity contribution in [2.45, 2.75) is 12.5 Å². The van der Waals surface area contributed by atoms with Gasteiger partial charge in [0.1, 0.15) is 0 Å². The first-order chi connectivity index (χ1) is 9.90. The third-order valence-electron chi connectivity index (χ3n) is 3.33. The van der Waals surface area contributed by atoms with Gasteiger partial charge in [-0.05, 0) is 24.1 Å². The van der Waals surface area contributed by atoms with E-state index < -0.39 is 0 Å². The van der Waals surface area contributed by atoms with Gasteiger partial charge < -0.3 is 5.32 Å². The number of hydrogen-bond donors (Lipinski definition) is 1. The smallest absolute Gasteiger partial charge is 0.0877 e. The average molecular weight is 282 g/mol. The zero-order valence-corrected chi connectivity index (χ0v) is 12.1. The molecule has 1 heterocycles. The van der Waals surface area contributed by atoms with Gasteiger partial charge in [-0.1, -0.05) is 48.5 Å². The van der Waals surface area contributed by atoms with Crippen LogP contribution in [0.3, 0.4) is 0 Å². The molecule has 2 nitrogen and oxygen atoms in total. The van der Waals surface area contributed by atoms with Crippen molar-refractivity contribution in [1.82, 2.24) is 5.32 Å². The first-order valence-electron chi connectivity index (χ1n) is 6.93. The summed E-state index contributed by atoms with van der Waals surface area (Å²) in [6.45, 7) is 0.872. The van der Waals surface area contributed by atoms with E-state index in [4.69, 9.17) is 0 Å². The van der Waals surface area contributed by atoms with Gasteiger partial charge in [0.15, 0.2) is 0 Å². The number of thioether (sulfide) groups is 1. The molecule has 0 aromatic heterocycles. The van der Waals surface area contributed by atoms with Crippen LogP contribution in [0.5, 0.6) is 0 Å². The summed E-state index contributed by atoms with van der Waals surface area (Å²) in [5, 5.41) is 4.77. The minimum atomic E-state index is 0.539. The SMILES string of the molecule is c1ccc(CC2CSC(=Nc3ccccc3)CN2)cc1. The van der Waals surface area contributed by atoms with Crippen LogP contribution in [0.25, 0.3) is 0 Å². The molecule has 1 fully saturated rings. The maximum atomic E-state index is 4.68. The molecule has 1 aliphatic heterocycles. The molecule has 102 valence electrons. The second kappa shape index (κ2) is 6.73. The van der Waals surface area contributed by atoms with Gasteiger partial charge in [0, 0.05) is 18.3 Å². The van der Waals surface area contributed by atoms with E-state index in [0.29, 0.717) is 6.04 Å². The quantitative estimate of drug-likeness (QED) is 0.929. The van der Waals surface area contributed by atoms with Crippen molar-refractivity contribution in [2.75, 3.05) is 12.3 Å². The second-order valence-corrected chi connectivity index (χ2v) is 6.01.